The number of alkyl halides is 6. The summed E-state index contributed by atoms with van der Waals surface area (Å²) in [5.41, 5.74) is 7.08. The van der Waals surface area contributed by atoms with Gasteiger partial charge in [-0.15, -0.1) is 10.2 Å². The maximum Gasteiger partial charge on any atom is 0.471 e. The molecule has 0 saturated carbocycles. The van der Waals surface area contributed by atoms with Crippen LogP contribution in [0.2, 0.25) is 0 Å². The van der Waals surface area contributed by atoms with E-state index in [-0.39, 0.29) is 36.6 Å². The van der Waals surface area contributed by atoms with Crippen LogP contribution >= 0.6 is 0 Å². The summed E-state index contributed by atoms with van der Waals surface area (Å²) >= 11 is 0. The smallest absolute Gasteiger partial charge is 0.471 e. The number of ketones is 1. The van der Waals surface area contributed by atoms with E-state index in [0.29, 0.717) is 37.4 Å². The third-order valence-electron chi connectivity index (χ3n) is 12.2. The van der Waals surface area contributed by atoms with E-state index in [0.717, 1.165) is 77.6 Å². The average molecular weight is 1010 g/mol. The highest BCUT2D eigenvalue weighted by Gasteiger charge is 2.39. The highest BCUT2D eigenvalue weighted by atomic mass is 19.4. The Morgan fingerprint density at radius 3 is 1.47 bits per heavy atom. The first-order valence-corrected chi connectivity index (χ1v) is 23.5. The normalized spacial score (nSPS) is 13.9. The van der Waals surface area contributed by atoms with E-state index in [1.165, 1.54) is 12.1 Å². The predicted molar refractivity (Wildman–Crippen MR) is 257 cm³/mol. The first kappa shape index (κ1) is 51.2. The molecule has 380 valence electrons. The molecule has 0 unspecified atom stereocenters. The second kappa shape index (κ2) is 22.9. The predicted octanol–water partition coefficient (Wildman–Crippen LogP) is 12.0. The number of hydrogen-bond acceptors (Lipinski definition) is 9. The van der Waals surface area contributed by atoms with Crippen LogP contribution in [0.4, 0.5) is 47.3 Å². The topological polar surface area (TPSA) is 158 Å². The molecule has 0 spiro atoms. The highest BCUT2D eigenvalue weighted by Crippen LogP contribution is 2.33. The number of furan rings is 2. The van der Waals surface area contributed by atoms with Gasteiger partial charge < -0.3 is 28.4 Å². The highest BCUT2D eigenvalue weighted by molar-refractivity contribution is 6.00. The molecule has 0 bridgehead atoms. The number of carbonyl (C=O) groups excluding carboxylic acids is 4. The Balaban J connectivity index is 0.000000195. The van der Waals surface area contributed by atoms with Gasteiger partial charge in [-0.25, -0.2) is 9.59 Å². The molecule has 20 heteroatoms. The molecule has 2 fully saturated rings. The van der Waals surface area contributed by atoms with Crippen LogP contribution in [-0.4, -0.2) is 82.6 Å². The van der Waals surface area contributed by atoms with Gasteiger partial charge in [0.15, 0.2) is 5.78 Å². The summed E-state index contributed by atoms with van der Waals surface area (Å²) in [6.45, 7) is 2.49. The molecule has 2 saturated heterocycles. The summed E-state index contributed by atoms with van der Waals surface area (Å²) in [6.07, 6.45) is 2.70. The van der Waals surface area contributed by atoms with Crippen molar-refractivity contribution in [3.63, 3.8) is 0 Å². The summed E-state index contributed by atoms with van der Waals surface area (Å²) < 4.78 is 90.6. The van der Waals surface area contributed by atoms with Crippen LogP contribution in [0.3, 0.4) is 0 Å². The molecular weight excluding hydrogens is 961 g/mol. The minimum Gasteiger partial charge on any atom is -0.472 e. The van der Waals surface area contributed by atoms with Crippen LogP contribution < -0.4 is 15.1 Å². The number of halogens is 6. The zero-order valence-corrected chi connectivity index (χ0v) is 39.2. The molecule has 0 aliphatic carbocycles. The van der Waals surface area contributed by atoms with Crippen molar-refractivity contribution in [3.05, 3.63) is 157 Å². The van der Waals surface area contributed by atoms with Crippen LogP contribution in [0, 0.1) is 0 Å². The van der Waals surface area contributed by atoms with Gasteiger partial charge in [0, 0.05) is 59.8 Å². The van der Waals surface area contributed by atoms with Gasteiger partial charge in [0.25, 0.3) is 0 Å². The standard InChI is InChI=1S/C27H26F3N3O4.C26H23F3N4O3/c28-27(29,30)25(35)31-16-24(34)20-9-7-19(8-10-20)17-33(26(36)32-12-2-1-3-13-32)23-6-4-5-21(15-23)22-11-14-37-18-22;27-26(28,29)24-31-30-23(36-24)19-9-7-18(8-10-19)16-33(25(34)32-12-2-1-3-13-32)22-6-4-5-20(15-22)21-11-14-35-17-21/h4-11,14-15,18H,1-3,12-13,16-17H2,(H,31,35);4-11,14-15,17H,1-3,12-13,16H2. The van der Waals surface area contributed by atoms with Gasteiger partial charge in [-0.3, -0.25) is 19.4 Å². The van der Waals surface area contributed by atoms with Gasteiger partial charge in [0.2, 0.25) is 5.89 Å². The Morgan fingerprint density at radius 2 is 1.04 bits per heavy atom. The Bertz CT molecular complexity index is 2950. The molecule has 5 amide bonds. The van der Waals surface area contributed by atoms with Crippen molar-refractivity contribution < 1.29 is 58.8 Å². The molecule has 9 rings (SSSR count). The fraction of sp³-hybridized carbons (Fsp3) is 0.283. The fourth-order valence-corrected chi connectivity index (χ4v) is 8.35. The van der Waals surface area contributed by atoms with Gasteiger partial charge in [-0.2, -0.15) is 26.3 Å². The van der Waals surface area contributed by atoms with E-state index in [9.17, 15) is 45.5 Å². The van der Waals surface area contributed by atoms with Crippen molar-refractivity contribution in [2.75, 3.05) is 42.5 Å². The lowest BCUT2D eigenvalue weighted by molar-refractivity contribution is -0.173. The second-order valence-electron chi connectivity index (χ2n) is 17.4. The SMILES string of the molecule is O=C(CNC(=O)C(F)(F)F)c1ccc(CN(C(=O)N2CCCCC2)c2cccc(-c3ccoc3)c2)cc1.O=C(N1CCCCC1)N(Cc1ccc(-c2nnc(C(F)(F)F)o2)cc1)c1cccc(-c2ccoc2)c1. The quantitative estimate of drug-likeness (QED) is 0.0929. The number of likely N-dealkylation sites (tertiary alicyclic amines) is 2. The summed E-state index contributed by atoms with van der Waals surface area (Å²) in [4.78, 5) is 57.4. The van der Waals surface area contributed by atoms with Gasteiger partial charge in [0.05, 0.1) is 44.7 Å². The number of carbonyl (C=O) groups is 4. The van der Waals surface area contributed by atoms with Crippen LogP contribution in [0.1, 0.15) is 65.9 Å². The average Bonchev–Trinajstić information content (AvgIpc) is 4.25. The number of amides is 5. The zero-order chi connectivity index (χ0) is 51.5. The van der Waals surface area contributed by atoms with E-state index in [1.54, 1.807) is 76.6 Å². The van der Waals surface area contributed by atoms with E-state index in [1.807, 2.05) is 70.5 Å². The zero-order valence-electron chi connectivity index (χ0n) is 39.2. The molecule has 14 nitrogen and oxygen atoms in total. The van der Waals surface area contributed by atoms with Gasteiger partial charge >= 0.3 is 36.2 Å². The summed E-state index contributed by atoms with van der Waals surface area (Å²) in [6, 6.07) is 31.6. The van der Waals surface area contributed by atoms with Crippen molar-refractivity contribution in [1.29, 1.82) is 0 Å². The number of anilines is 2. The van der Waals surface area contributed by atoms with Crippen molar-refractivity contribution in [3.8, 4) is 33.7 Å². The van der Waals surface area contributed by atoms with E-state index in [2.05, 4.69) is 10.2 Å². The summed E-state index contributed by atoms with van der Waals surface area (Å²) in [5.74, 6) is -4.43. The molecule has 1 N–H and O–H groups in total. The number of rotatable bonds is 12. The first-order valence-electron chi connectivity index (χ1n) is 23.5. The summed E-state index contributed by atoms with van der Waals surface area (Å²) in [5, 5.41) is 8.15. The van der Waals surface area contributed by atoms with E-state index >= 15 is 0 Å². The lowest BCUT2D eigenvalue weighted by Gasteiger charge is -2.33. The van der Waals surface area contributed by atoms with Crippen LogP contribution in [-0.2, 0) is 24.1 Å². The minimum absolute atomic E-state index is 0.0881. The Hall–Kier alpha value is -8.16. The number of piperidine rings is 2. The molecule has 7 aromatic rings. The van der Waals surface area contributed by atoms with Crippen molar-refractivity contribution >= 4 is 35.1 Å². The lowest BCUT2D eigenvalue weighted by atomic mass is 10.1. The van der Waals surface area contributed by atoms with Crippen molar-refractivity contribution in [2.24, 2.45) is 0 Å². The Morgan fingerprint density at radius 1 is 0.562 bits per heavy atom. The first-order chi connectivity index (χ1) is 35.1. The van der Waals surface area contributed by atoms with E-state index in [4.69, 9.17) is 13.3 Å². The van der Waals surface area contributed by atoms with Crippen LogP contribution in [0.25, 0.3) is 33.7 Å². The number of nitrogens with zero attached hydrogens (tertiary/aromatic N) is 6. The number of Topliss-reactive ketones (excluding diaryl/α,β-unsaturated/α-hetero) is 1. The molecule has 73 heavy (non-hydrogen) atoms. The molecule has 0 radical (unpaired) electrons. The number of hydrogen-bond donors (Lipinski definition) is 1. The van der Waals surface area contributed by atoms with Crippen LogP contribution in [0.5, 0.6) is 0 Å². The molecule has 0 atom stereocenters. The summed E-state index contributed by atoms with van der Waals surface area (Å²) in [7, 11) is 0. The largest absolute Gasteiger partial charge is 0.472 e. The fourth-order valence-electron chi connectivity index (χ4n) is 8.35. The van der Waals surface area contributed by atoms with Gasteiger partial charge in [0.1, 0.15) is 0 Å². The Kier molecular flexibility index (Phi) is 16.1. The molecule has 2 aliphatic rings. The minimum atomic E-state index is -5.05. The third-order valence-corrected chi connectivity index (χ3v) is 12.2. The molecule has 2 aliphatic heterocycles. The maximum absolute atomic E-state index is 13.6. The number of aromatic nitrogens is 2. The second-order valence-corrected chi connectivity index (χ2v) is 17.4. The van der Waals surface area contributed by atoms with Crippen molar-refractivity contribution in [1.82, 2.24) is 25.3 Å². The van der Waals surface area contributed by atoms with Crippen molar-refractivity contribution in [2.45, 2.75) is 64.0 Å². The molecular formula is C53H49F6N7O7. The van der Waals surface area contributed by atoms with Crippen LogP contribution in [0.15, 0.2) is 147 Å². The Labute approximate surface area is 415 Å². The number of benzene rings is 4. The lowest BCUT2D eigenvalue weighted by Crippen LogP contribution is -2.45. The number of urea groups is 2. The van der Waals surface area contributed by atoms with Gasteiger partial charge in [-0.1, -0.05) is 60.7 Å². The monoisotopic (exact) mass is 1010 g/mol. The van der Waals surface area contributed by atoms with Gasteiger partial charge in [-0.05, 0) is 109 Å². The molecule has 3 aromatic heterocycles. The molecule has 5 heterocycles. The molecule has 4 aromatic carbocycles. The third kappa shape index (κ3) is 13.2. The van der Waals surface area contributed by atoms with E-state index < -0.39 is 36.5 Å². The maximum atomic E-state index is 13.6. The number of nitrogens with one attached hydrogen (secondary N) is 1.